The molecule has 0 radical (unpaired) electrons. The van der Waals surface area contributed by atoms with E-state index in [1.54, 1.807) is 36.4 Å². The Morgan fingerprint density at radius 3 is 2.21 bits per heavy atom. The second-order valence-electron chi connectivity index (χ2n) is 6.50. The molecule has 3 aromatic carbocycles. The van der Waals surface area contributed by atoms with Gasteiger partial charge in [0, 0.05) is 23.4 Å². The maximum atomic E-state index is 13.1. The number of ether oxygens (including phenoxy) is 1. The molecule has 0 saturated carbocycles. The fourth-order valence-electron chi connectivity index (χ4n) is 2.95. The molecule has 0 amide bonds. The number of ketones is 1. The highest BCUT2D eigenvalue weighted by molar-refractivity contribution is 6.03. The van der Waals surface area contributed by atoms with Crippen molar-refractivity contribution in [3.8, 4) is 0 Å². The van der Waals surface area contributed by atoms with Crippen molar-refractivity contribution in [1.29, 1.82) is 0 Å². The number of nitrogens with one attached hydrogen (secondary N) is 1. The number of carbonyl (C=O) groups excluding carboxylic acids is 2. The molecule has 0 aliphatic rings. The SMILES string of the molecule is CCNc1ccccc1C(=O)O[C@@H](C(=O)c1ccc(C)cc1)c1ccccc1. The third kappa shape index (κ3) is 4.46. The van der Waals surface area contributed by atoms with Crippen molar-refractivity contribution in [2.45, 2.75) is 20.0 Å². The van der Waals surface area contributed by atoms with E-state index in [9.17, 15) is 9.59 Å². The molecule has 3 rings (SSSR count). The van der Waals surface area contributed by atoms with Crippen LogP contribution in [0.25, 0.3) is 0 Å². The topological polar surface area (TPSA) is 55.4 Å². The smallest absolute Gasteiger partial charge is 0.341 e. The monoisotopic (exact) mass is 373 g/mol. The predicted octanol–water partition coefficient (Wildman–Crippen LogP) is 5.21. The Bertz CT molecular complexity index is 949. The summed E-state index contributed by atoms with van der Waals surface area (Å²) in [7, 11) is 0. The van der Waals surface area contributed by atoms with Gasteiger partial charge in [0.25, 0.3) is 0 Å². The van der Waals surface area contributed by atoms with E-state index in [0.717, 1.165) is 5.56 Å². The van der Waals surface area contributed by atoms with Gasteiger partial charge in [0.15, 0.2) is 6.10 Å². The quantitative estimate of drug-likeness (QED) is 0.456. The Balaban J connectivity index is 1.93. The number of para-hydroxylation sites is 1. The molecule has 0 aliphatic heterocycles. The summed E-state index contributed by atoms with van der Waals surface area (Å²) in [6.45, 7) is 4.59. The molecule has 0 unspecified atom stereocenters. The summed E-state index contributed by atoms with van der Waals surface area (Å²) in [6.07, 6.45) is -1.01. The first-order valence-electron chi connectivity index (χ1n) is 9.30. The van der Waals surface area contributed by atoms with Crippen molar-refractivity contribution in [1.82, 2.24) is 0 Å². The zero-order chi connectivity index (χ0) is 19.9. The number of anilines is 1. The molecule has 0 aromatic heterocycles. The van der Waals surface area contributed by atoms with Gasteiger partial charge in [-0.3, -0.25) is 4.79 Å². The molecule has 4 heteroatoms. The van der Waals surface area contributed by atoms with E-state index in [-0.39, 0.29) is 5.78 Å². The molecular formula is C24H23NO3. The maximum absolute atomic E-state index is 13.1. The summed E-state index contributed by atoms with van der Waals surface area (Å²) in [5.74, 6) is -0.786. The normalized spacial score (nSPS) is 11.5. The van der Waals surface area contributed by atoms with E-state index in [1.807, 2.05) is 56.3 Å². The number of aryl methyl sites for hydroxylation is 1. The largest absolute Gasteiger partial charge is 0.445 e. The molecule has 0 bridgehead atoms. The molecule has 0 saturated heterocycles. The Hall–Kier alpha value is -3.40. The van der Waals surface area contributed by atoms with Crippen LogP contribution in [-0.4, -0.2) is 18.3 Å². The zero-order valence-corrected chi connectivity index (χ0v) is 16.0. The van der Waals surface area contributed by atoms with Crippen LogP contribution >= 0.6 is 0 Å². The van der Waals surface area contributed by atoms with E-state index in [4.69, 9.17) is 4.74 Å². The highest BCUT2D eigenvalue weighted by Crippen LogP contribution is 2.26. The first kappa shape index (κ1) is 19.4. The van der Waals surface area contributed by atoms with Gasteiger partial charge < -0.3 is 10.1 Å². The van der Waals surface area contributed by atoms with Crippen LogP contribution in [0.4, 0.5) is 5.69 Å². The number of esters is 1. The van der Waals surface area contributed by atoms with E-state index in [1.165, 1.54) is 0 Å². The van der Waals surface area contributed by atoms with Gasteiger partial charge >= 0.3 is 5.97 Å². The van der Waals surface area contributed by atoms with Crippen LogP contribution in [0.5, 0.6) is 0 Å². The first-order chi connectivity index (χ1) is 13.6. The van der Waals surface area contributed by atoms with Crippen molar-refractivity contribution < 1.29 is 14.3 Å². The van der Waals surface area contributed by atoms with E-state index in [0.29, 0.717) is 28.9 Å². The molecule has 3 aromatic rings. The number of Topliss-reactive ketones (excluding diaryl/α,β-unsaturated/α-hetero) is 1. The van der Waals surface area contributed by atoms with Gasteiger partial charge in [0.05, 0.1) is 5.56 Å². The lowest BCUT2D eigenvalue weighted by molar-refractivity contribution is 0.0281. The highest BCUT2D eigenvalue weighted by atomic mass is 16.5. The second kappa shape index (κ2) is 9.00. The molecule has 0 fully saturated rings. The molecule has 28 heavy (non-hydrogen) atoms. The Labute approximate surface area is 165 Å². The third-order valence-corrected chi connectivity index (χ3v) is 4.42. The fourth-order valence-corrected chi connectivity index (χ4v) is 2.95. The molecule has 0 aliphatic carbocycles. The summed E-state index contributed by atoms with van der Waals surface area (Å²) in [4.78, 5) is 26.0. The number of rotatable bonds is 7. The summed E-state index contributed by atoms with van der Waals surface area (Å²) in [5.41, 5.74) is 3.30. The van der Waals surface area contributed by atoms with Crippen LogP contribution in [0.3, 0.4) is 0 Å². The van der Waals surface area contributed by atoms with Crippen molar-refractivity contribution in [3.63, 3.8) is 0 Å². The van der Waals surface area contributed by atoms with Crippen LogP contribution in [0, 0.1) is 6.92 Å². The van der Waals surface area contributed by atoms with E-state index < -0.39 is 12.1 Å². The van der Waals surface area contributed by atoms with Crippen LogP contribution in [-0.2, 0) is 4.74 Å². The average molecular weight is 373 g/mol. The van der Waals surface area contributed by atoms with Gasteiger partial charge in [-0.25, -0.2) is 4.79 Å². The molecular weight excluding hydrogens is 350 g/mol. The summed E-state index contributed by atoms with van der Waals surface area (Å²) in [5, 5.41) is 3.15. The first-order valence-corrected chi connectivity index (χ1v) is 9.30. The van der Waals surface area contributed by atoms with Crippen LogP contribution < -0.4 is 5.32 Å². The fraction of sp³-hybridized carbons (Fsp3) is 0.167. The Morgan fingerprint density at radius 1 is 0.893 bits per heavy atom. The second-order valence-corrected chi connectivity index (χ2v) is 6.50. The van der Waals surface area contributed by atoms with Crippen molar-refractivity contribution in [2.75, 3.05) is 11.9 Å². The molecule has 1 N–H and O–H groups in total. The average Bonchev–Trinajstić information content (AvgIpc) is 2.73. The summed E-state index contributed by atoms with van der Waals surface area (Å²) < 4.78 is 5.73. The number of carbonyl (C=O) groups is 2. The van der Waals surface area contributed by atoms with Gasteiger partial charge in [-0.2, -0.15) is 0 Å². The zero-order valence-electron chi connectivity index (χ0n) is 16.0. The van der Waals surface area contributed by atoms with Crippen LogP contribution in [0.15, 0.2) is 78.9 Å². The molecule has 4 nitrogen and oxygen atoms in total. The number of hydrogen-bond acceptors (Lipinski definition) is 4. The minimum atomic E-state index is -1.01. The number of benzene rings is 3. The van der Waals surface area contributed by atoms with Gasteiger partial charge in [0.2, 0.25) is 5.78 Å². The van der Waals surface area contributed by atoms with Crippen molar-refractivity contribution in [2.24, 2.45) is 0 Å². The van der Waals surface area contributed by atoms with Crippen LogP contribution in [0.1, 0.15) is 44.9 Å². The molecule has 0 spiro atoms. The van der Waals surface area contributed by atoms with Crippen LogP contribution in [0.2, 0.25) is 0 Å². The third-order valence-electron chi connectivity index (χ3n) is 4.42. The minimum absolute atomic E-state index is 0.250. The lowest BCUT2D eigenvalue weighted by atomic mass is 9.99. The molecule has 0 heterocycles. The predicted molar refractivity (Wildman–Crippen MR) is 111 cm³/mol. The summed E-state index contributed by atoms with van der Waals surface area (Å²) in [6, 6.07) is 23.5. The van der Waals surface area contributed by atoms with Crippen molar-refractivity contribution in [3.05, 3.63) is 101 Å². The minimum Gasteiger partial charge on any atom is -0.445 e. The Kier molecular flexibility index (Phi) is 6.22. The number of hydrogen-bond donors (Lipinski definition) is 1. The van der Waals surface area contributed by atoms with Gasteiger partial charge in [-0.15, -0.1) is 0 Å². The summed E-state index contributed by atoms with van der Waals surface area (Å²) >= 11 is 0. The van der Waals surface area contributed by atoms with Gasteiger partial charge in [0.1, 0.15) is 0 Å². The van der Waals surface area contributed by atoms with Gasteiger partial charge in [-0.1, -0.05) is 72.3 Å². The lowest BCUT2D eigenvalue weighted by Crippen LogP contribution is -2.21. The van der Waals surface area contributed by atoms with Gasteiger partial charge in [-0.05, 0) is 26.0 Å². The highest BCUT2D eigenvalue weighted by Gasteiger charge is 2.27. The maximum Gasteiger partial charge on any atom is 0.341 e. The molecule has 142 valence electrons. The standard InChI is InChI=1S/C24H23NO3/c1-3-25-21-12-8-7-11-20(21)24(27)28-23(19-9-5-4-6-10-19)22(26)18-15-13-17(2)14-16-18/h4-16,23,25H,3H2,1-2H3/t23-/m1/s1. The van der Waals surface area contributed by atoms with E-state index >= 15 is 0 Å². The lowest BCUT2D eigenvalue weighted by Gasteiger charge is -2.19. The molecule has 1 atom stereocenters. The van der Waals surface area contributed by atoms with E-state index in [2.05, 4.69) is 5.32 Å². The Morgan fingerprint density at radius 2 is 1.54 bits per heavy atom. The van der Waals surface area contributed by atoms with Crippen molar-refractivity contribution >= 4 is 17.4 Å².